The average molecular weight is 305 g/mol. The van der Waals surface area contributed by atoms with E-state index in [-0.39, 0.29) is 0 Å². The minimum Gasteiger partial charge on any atom is -0.555 e. The molecule has 2 rings (SSSR count). The van der Waals surface area contributed by atoms with E-state index in [1.807, 2.05) is 66.7 Å². The third-order valence-corrected chi connectivity index (χ3v) is 3.36. The van der Waals surface area contributed by atoms with Crippen LogP contribution in [-0.2, 0) is 17.4 Å². The van der Waals surface area contributed by atoms with E-state index < -0.39 is 12.1 Å². The molecule has 0 unspecified atom stereocenters. The largest absolute Gasteiger partial charge is 0.555 e. The third kappa shape index (κ3) is 5.97. The summed E-state index contributed by atoms with van der Waals surface area (Å²) in [5.41, 5.74) is 2.15. The molecule has 0 fully saturated rings. The van der Waals surface area contributed by atoms with Crippen LogP contribution in [-0.4, -0.2) is 31.1 Å². The number of nitriles is 1. The Hall–Kier alpha value is -2.58. The lowest BCUT2D eigenvalue weighted by molar-refractivity contribution is 0.198. The van der Waals surface area contributed by atoms with Crippen LogP contribution in [0.5, 0.6) is 0 Å². The molecule has 0 aromatic heterocycles. The van der Waals surface area contributed by atoms with E-state index in [0.29, 0.717) is 12.7 Å². The zero-order valence-corrected chi connectivity index (χ0v) is 12.7. The summed E-state index contributed by atoms with van der Waals surface area (Å²) in [4.78, 5) is 4.17. The zero-order chi connectivity index (χ0) is 16.3. The number of aliphatic hydroxyl groups excluding tert-OH is 1. The molecular formula is C18H18BN2O2. The normalized spacial score (nSPS) is 13.2. The summed E-state index contributed by atoms with van der Waals surface area (Å²) in [5.74, 6) is 0. The number of aliphatic hydroxyl groups is 1. The number of hydrogen-bond acceptors (Lipinski definition) is 4. The van der Waals surface area contributed by atoms with E-state index in [0.717, 1.165) is 11.1 Å². The van der Waals surface area contributed by atoms with Gasteiger partial charge in [0.2, 0.25) is 0 Å². The summed E-state index contributed by atoms with van der Waals surface area (Å²) < 4.78 is 5.26. The maximum Gasteiger partial charge on any atom is 0.375 e. The Bertz CT molecular complexity index is 641. The Balaban J connectivity index is 1.84. The van der Waals surface area contributed by atoms with Crippen LogP contribution >= 0.6 is 0 Å². The van der Waals surface area contributed by atoms with Crippen LogP contribution in [0.4, 0.5) is 0 Å². The van der Waals surface area contributed by atoms with Crippen molar-refractivity contribution in [3.63, 3.8) is 0 Å². The number of rotatable bonds is 8. The molecule has 5 heteroatoms. The van der Waals surface area contributed by atoms with E-state index >= 15 is 0 Å². The molecule has 2 aromatic carbocycles. The topological polar surface area (TPSA) is 65.6 Å². The third-order valence-electron chi connectivity index (χ3n) is 3.36. The van der Waals surface area contributed by atoms with Crippen molar-refractivity contribution in [3.05, 3.63) is 71.8 Å². The lowest BCUT2D eigenvalue weighted by Gasteiger charge is -2.13. The molecule has 0 saturated carbocycles. The predicted octanol–water partition coefficient (Wildman–Crippen LogP) is 2.35. The Morgan fingerprint density at radius 1 is 1.09 bits per heavy atom. The van der Waals surface area contributed by atoms with Crippen molar-refractivity contribution in [2.75, 3.05) is 0 Å². The van der Waals surface area contributed by atoms with Gasteiger partial charge < -0.3 is 9.76 Å². The summed E-state index contributed by atoms with van der Waals surface area (Å²) in [7, 11) is 1.64. The van der Waals surface area contributed by atoms with E-state index in [9.17, 15) is 5.11 Å². The fraction of sp³-hybridized carbons (Fsp3) is 0.222. The van der Waals surface area contributed by atoms with Crippen molar-refractivity contribution in [2.45, 2.75) is 24.9 Å². The number of hydrogen-bond donors (Lipinski definition) is 1. The average Bonchev–Trinajstić information content (AvgIpc) is 2.61. The second kappa shape index (κ2) is 9.44. The molecule has 1 N–H and O–H groups in total. The molecule has 0 aliphatic carbocycles. The molecule has 0 amide bonds. The highest BCUT2D eigenvalue weighted by molar-refractivity contribution is 6.29. The van der Waals surface area contributed by atoms with E-state index in [2.05, 4.69) is 4.99 Å². The molecular weight excluding hydrogens is 287 g/mol. The van der Waals surface area contributed by atoms with E-state index in [4.69, 9.17) is 9.92 Å². The minimum atomic E-state index is -1.16. The summed E-state index contributed by atoms with van der Waals surface area (Å²) >= 11 is 0. The van der Waals surface area contributed by atoms with Gasteiger partial charge in [0, 0.05) is 0 Å². The first-order valence-electron chi connectivity index (χ1n) is 7.44. The zero-order valence-electron chi connectivity index (χ0n) is 12.7. The summed E-state index contributed by atoms with van der Waals surface area (Å²) in [6.45, 7) is 0. The van der Waals surface area contributed by atoms with Gasteiger partial charge in [0.1, 0.15) is 0 Å². The Morgan fingerprint density at radius 2 is 1.70 bits per heavy atom. The van der Waals surface area contributed by atoms with Crippen LogP contribution in [0.1, 0.15) is 11.1 Å². The number of nitrogens with zero attached hydrogens (tertiary/aromatic N) is 2. The highest BCUT2D eigenvalue weighted by Gasteiger charge is 2.17. The fourth-order valence-corrected chi connectivity index (χ4v) is 2.10. The summed E-state index contributed by atoms with van der Waals surface area (Å²) in [6.07, 6.45) is 1.27. The Morgan fingerprint density at radius 3 is 2.30 bits per heavy atom. The standard InChI is InChI=1S/C18H18BN2O2/c20-13-18(22)17(11-15-7-3-1-4-8-15)21-14-23-19-12-16-9-5-2-6-10-16/h1-10,14,17-18,22H,11-12H2/t17-,18+/m0/s1. The first-order valence-corrected chi connectivity index (χ1v) is 7.44. The van der Waals surface area contributed by atoms with Crippen LogP contribution in [0, 0.1) is 11.3 Å². The van der Waals surface area contributed by atoms with Crippen molar-refractivity contribution in [3.8, 4) is 6.07 Å². The highest BCUT2D eigenvalue weighted by Crippen LogP contribution is 2.09. The lowest BCUT2D eigenvalue weighted by atomic mass is 9.90. The molecule has 23 heavy (non-hydrogen) atoms. The fourth-order valence-electron chi connectivity index (χ4n) is 2.10. The Kier molecular flexibility index (Phi) is 6.89. The van der Waals surface area contributed by atoms with Crippen molar-refractivity contribution < 1.29 is 9.76 Å². The maximum absolute atomic E-state index is 9.77. The number of benzene rings is 2. The van der Waals surface area contributed by atoms with Gasteiger partial charge in [-0.05, 0) is 18.3 Å². The van der Waals surface area contributed by atoms with Crippen LogP contribution < -0.4 is 0 Å². The predicted molar refractivity (Wildman–Crippen MR) is 91.0 cm³/mol. The van der Waals surface area contributed by atoms with Crippen molar-refractivity contribution >= 4 is 13.9 Å². The Labute approximate surface area is 137 Å². The van der Waals surface area contributed by atoms with Gasteiger partial charge in [-0.2, -0.15) is 5.26 Å². The van der Waals surface area contributed by atoms with Gasteiger partial charge in [-0.1, -0.05) is 66.2 Å². The second-order valence-electron chi connectivity index (χ2n) is 5.08. The quantitative estimate of drug-likeness (QED) is 0.268. The second-order valence-corrected chi connectivity index (χ2v) is 5.08. The molecule has 115 valence electrons. The van der Waals surface area contributed by atoms with Gasteiger partial charge in [0.05, 0.1) is 12.1 Å². The van der Waals surface area contributed by atoms with Gasteiger partial charge in [-0.15, -0.1) is 0 Å². The molecule has 2 aromatic rings. The van der Waals surface area contributed by atoms with Crippen LogP contribution in [0.3, 0.4) is 0 Å². The van der Waals surface area contributed by atoms with Gasteiger partial charge in [0.25, 0.3) is 0 Å². The highest BCUT2D eigenvalue weighted by atomic mass is 16.4. The molecule has 0 saturated heterocycles. The molecule has 0 aliphatic rings. The molecule has 0 aliphatic heterocycles. The molecule has 0 heterocycles. The van der Waals surface area contributed by atoms with Crippen molar-refractivity contribution in [1.82, 2.24) is 0 Å². The molecule has 0 spiro atoms. The smallest absolute Gasteiger partial charge is 0.375 e. The molecule has 2 atom stereocenters. The molecule has 1 radical (unpaired) electrons. The molecule has 0 bridgehead atoms. The van der Waals surface area contributed by atoms with Crippen LogP contribution in [0.25, 0.3) is 0 Å². The van der Waals surface area contributed by atoms with Crippen molar-refractivity contribution in [2.24, 2.45) is 4.99 Å². The first-order chi connectivity index (χ1) is 11.3. The monoisotopic (exact) mass is 305 g/mol. The summed E-state index contributed by atoms with van der Waals surface area (Å²) in [5, 5.41) is 18.7. The van der Waals surface area contributed by atoms with E-state index in [1.54, 1.807) is 7.48 Å². The minimum absolute atomic E-state index is 0.480. The van der Waals surface area contributed by atoms with Crippen LogP contribution in [0.15, 0.2) is 65.7 Å². The van der Waals surface area contributed by atoms with Crippen molar-refractivity contribution in [1.29, 1.82) is 5.26 Å². The van der Waals surface area contributed by atoms with E-state index in [1.165, 1.54) is 6.40 Å². The number of aliphatic imine (C=N–C) groups is 1. The first kappa shape index (κ1) is 16.8. The maximum atomic E-state index is 9.77. The van der Waals surface area contributed by atoms with Crippen LogP contribution in [0.2, 0.25) is 0 Å². The van der Waals surface area contributed by atoms with Gasteiger partial charge >= 0.3 is 7.48 Å². The molecule has 4 nitrogen and oxygen atoms in total. The van der Waals surface area contributed by atoms with Gasteiger partial charge in [0.15, 0.2) is 12.5 Å². The van der Waals surface area contributed by atoms with Gasteiger partial charge in [-0.25, -0.2) is 0 Å². The SMILES string of the molecule is N#C[C@@H](O)[C@H](Cc1ccccc1)N=CO[B]Cc1ccccc1. The lowest BCUT2D eigenvalue weighted by Crippen LogP contribution is -2.25. The van der Waals surface area contributed by atoms with Gasteiger partial charge in [-0.3, -0.25) is 4.99 Å². The summed E-state index contributed by atoms with van der Waals surface area (Å²) in [6, 6.07) is 20.8.